The van der Waals surface area contributed by atoms with Crippen molar-refractivity contribution < 1.29 is 17.2 Å². The van der Waals surface area contributed by atoms with Crippen LogP contribution in [0.2, 0.25) is 5.15 Å². The Labute approximate surface area is 156 Å². The third-order valence-electron chi connectivity index (χ3n) is 4.51. The van der Waals surface area contributed by atoms with E-state index in [4.69, 9.17) is 11.6 Å². The molecule has 0 aliphatic carbocycles. The molecule has 0 amide bonds. The summed E-state index contributed by atoms with van der Waals surface area (Å²) in [6.45, 7) is 4.00. The van der Waals surface area contributed by atoms with Gasteiger partial charge in [-0.15, -0.1) is 0 Å². The van der Waals surface area contributed by atoms with E-state index >= 15 is 0 Å². The number of benzene rings is 1. The Bertz CT molecular complexity index is 925. The van der Waals surface area contributed by atoms with Gasteiger partial charge in [0, 0.05) is 45.3 Å². The number of piperazine rings is 1. The molecule has 1 aromatic carbocycles. The van der Waals surface area contributed by atoms with Gasteiger partial charge in [-0.05, 0) is 25.1 Å². The van der Waals surface area contributed by atoms with Crippen LogP contribution in [-0.2, 0) is 23.6 Å². The third-order valence-corrected chi connectivity index (χ3v) is 6.88. The van der Waals surface area contributed by atoms with Gasteiger partial charge in [0.2, 0.25) is 10.0 Å². The molecule has 0 saturated carbocycles. The van der Waals surface area contributed by atoms with Crippen molar-refractivity contribution in [2.24, 2.45) is 7.05 Å². The number of rotatable bonds is 4. The van der Waals surface area contributed by atoms with Gasteiger partial charge in [0.1, 0.15) is 5.15 Å². The summed E-state index contributed by atoms with van der Waals surface area (Å²) in [6, 6.07) is 2.63. The first-order valence-electron chi connectivity index (χ1n) is 8.05. The third kappa shape index (κ3) is 3.62. The number of nitrogens with zero attached hydrogens (tertiary/aromatic N) is 4. The van der Waals surface area contributed by atoms with Gasteiger partial charge in [0.05, 0.1) is 10.6 Å². The van der Waals surface area contributed by atoms with Gasteiger partial charge in [-0.1, -0.05) is 11.6 Å². The Morgan fingerprint density at radius 1 is 1.15 bits per heavy atom. The molecule has 6 nitrogen and oxygen atoms in total. The van der Waals surface area contributed by atoms with Crippen molar-refractivity contribution in [1.29, 1.82) is 0 Å². The summed E-state index contributed by atoms with van der Waals surface area (Å²) >= 11 is 6.24. The fourth-order valence-corrected chi connectivity index (χ4v) is 4.66. The van der Waals surface area contributed by atoms with Crippen molar-refractivity contribution in [2.75, 3.05) is 26.2 Å². The second kappa shape index (κ2) is 7.22. The van der Waals surface area contributed by atoms with Crippen LogP contribution in [-0.4, -0.2) is 53.6 Å². The van der Waals surface area contributed by atoms with Crippen molar-refractivity contribution in [2.45, 2.75) is 18.4 Å². The second-order valence-corrected chi connectivity index (χ2v) is 8.53. The average Bonchev–Trinajstić information content (AvgIpc) is 2.84. The van der Waals surface area contributed by atoms with Gasteiger partial charge < -0.3 is 0 Å². The molecule has 2 heterocycles. The minimum absolute atomic E-state index is 0.240. The quantitative estimate of drug-likeness (QED) is 0.783. The summed E-state index contributed by atoms with van der Waals surface area (Å²) in [4.78, 5) is 1.85. The van der Waals surface area contributed by atoms with Crippen LogP contribution in [0.4, 0.5) is 8.78 Å². The molecule has 0 radical (unpaired) electrons. The summed E-state index contributed by atoms with van der Waals surface area (Å²) < 4.78 is 54.5. The molecule has 0 bridgehead atoms. The van der Waals surface area contributed by atoms with Crippen LogP contribution in [0.1, 0.15) is 11.3 Å². The number of hydrogen-bond donors (Lipinski definition) is 0. The predicted molar refractivity (Wildman–Crippen MR) is 93.3 cm³/mol. The molecular weight excluding hydrogens is 386 g/mol. The zero-order valence-corrected chi connectivity index (χ0v) is 16.0. The zero-order valence-electron chi connectivity index (χ0n) is 14.4. The number of halogens is 3. The first-order chi connectivity index (χ1) is 12.2. The summed E-state index contributed by atoms with van der Waals surface area (Å²) in [5.74, 6) is -2.25. The summed E-state index contributed by atoms with van der Waals surface area (Å²) in [5, 5.41) is 4.84. The molecule has 1 aromatic heterocycles. The number of hydrogen-bond acceptors (Lipinski definition) is 4. The summed E-state index contributed by atoms with van der Waals surface area (Å²) in [5.41, 5.74) is 1.76. The minimum Gasteiger partial charge on any atom is -0.296 e. The van der Waals surface area contributed by atoms with Crippen LogP contribution in [0.3, 0.4) is 0 Å². The highest BCUT2D eigenvalue weighted by molar-refractivity contribution is 7.89. The first-order valence-corrected chi connectivity index (χ1v) is 9.87. The van der Waals surface area contributed by atoms with Gasteiger partial charge in [-0.2, -0.15) is 9.40 Å². The number of aromatic nitrogens is 2. The molecule has 0 unspecified atom stereocenters. The monoisotopic (exact) mass is 404 g/mol. The maximum absolute atomic E-state index is 13.4. The van der Waals surface area contributed by atoms with Crippen molar-refractivity contribution >= 4 is 21.6 Å². The standard InChI is InChI=1S/C16H19ClF2N4O2S/c1-11-13(16(17)21(2)20-11)10-22-5-7-23(8-6-22)26(24,25)12-3-4-14(18)15(19)9-12/h3-4,9H,5-8,10H2,1-2H3. The zero-order chi connectivity index (χ0) is 19.1. The fraction of sp³-hybridized carbons (Fsp3) is 0.438. The van der Waals surface area contributed by atoms with Crippen molar-refractivity contribution in [1.82, 2.24) is 19.0 Å². The highest BCUT2D eigenvalue weighted by Gasteiger charge is 2.29. The Balaban J connectivity index is 1.68. The van der Waals surface area contributed by atoms with E-state index in [1.807, 2.05) is 6.92 Å². The highest BCUT2D eigenvalue weighted by Crippen LogP contribution is 2.23. The van der Waals surface area contributed by atoms with E-state index in [1.165, 1.54) is 4.31 Å². The van der Waals surface area contributed by atoms with E-state index < -0.39 is 21.7 Å². The summed E-state index contributed by atoms with van der Waals surface area (Å²) in [6.07, 6.45) is 0. The van der Waals surface area contributed by atoms with Gasteiger partial charge in [-0.3, -0.25) is 9.58 Å². The van der Waals surface area contributed by atoms with Gasteiger partial charge in [-0.25, -0.2) is 17.2 Å². The highest BCUT2D eigenvalue weighted by atomic mass is 35.5. The van der Waals surface area contributed by atoms with E-state index in [2.05, 4.69) is 10.00 Å². The predicted octanol–water partition coefficient (Wildman–Crippen LogP) is 2.17. The Kier molecular flexibility index (Phi) is 5.34. The maximum atomic E-state index is 13.4. The lowest BCUT2D eigenvalue weighted by Crippen LogP contribution is -2.48. The molecule has 10 heteroatoms. The molecule has 3 rings (SSSR count). The molecule has 1 aliphatic rings. The molecule has 1 aliphatic heterocycles. The van der Waals surface area contributed by atoms with Crippen molar-refractivity contribution in [3.63, 3.8) is 0 Å². The summed E-state index contributed by atoms with van der Waals surface area (Å²) in [7, 11) is -2.08. The van der Waals surface area contributed by atoms with Gasteiger partial charge in [0.25, 0.3) is 0 Å². The number of aryl methyl sites for hydroxylation is 2. The molecule has 0 spiro atoms. The van der Waals surface area contributed by atoms with Crippen LogP contribution in [0, 0.1) is 18.6 Å². The van der Waals surface area contributed by atoms with Crippen molar-refractivity contribution in [3.8, 4) is 0 Å². The lowest BCUT2D eigenvalue weighted by Gasteiger charge is -2.34. The molecule has 26 heavy (non-hydrogen) atoms. The Morgan fingerprint density at radius 2 is 1.81 bits per heavy atom. The minimum atomic E-state index is -3.85. The molecule has 1 fully saturated rings. The largest absolute Gasteiger partial charge is 0.296 e. The van der Waals surface area contributed by atoms with Crippen LogP contribution >= 0.6 is 11.6 Å². The lowest BCUT2D eigenvalue weighted by atomic mass is 10.2. The molecule has 0 atom stereocenters. The van der Waals surface area contributed by atoms with Crippen LogP contribution in [0.15, 0.2) is 23.1 Å². The second-order valence-electron chi connectivity index (χ2n) is 6.23. The smallest absolute Gasteiger partial charge is 0.243 e. The maximum Gasteiger partial charge on any atom is 0.243 e. The van der Waals surface area contributed by atoms with Crippen LogP contribution in [0.5, 0.6) is 0 Å². The van der Waals surface area contributed by atoms with E-state index in [0.29, 0.717) is 24.8 Å². The molecule has 142 valence electrons. The average molecular weight is 405 g/mol. The normalized spacial score (nSPS) is 17.0. The number of sulfonamides is 1. The van der Waals surface area contributed by atoms with Gasteiger partial charge >= 0.3 is 0 Å². The van der Waals surface area contributed by atoms with E-state index in [1.54, 1.807) is 11.7 Å². The van der Waals surface area contributed by atoms with Crippen molar-refractivity contribution in [3.05, 3.63) is 46.2 Å². The molecule has 1 saturated heterocycles. The lowest BCUT2D eigenvalue weighted by molar-refractivity contribution is 0.181. The Hall–Kier alpha value is -1.55. The molecule has 2 aromatic rings. The van der Waals surface area contributed by atoms with E-state index in [-0.39, 0.29) is 18.0 Å². The molecule has 0 N–H and O–H groups in total. The van der Waals surface area contributed by atoms with Crippen LogP contribution in [0.25, 0.3) is 0 Å². The van der Waals surface area contributed by atoms with Crippen LogP contribution < -0.4 is 0 Å². The van der Waals surface area contributed by atoms with E-state index in [9.17, 15) is 17.2 Å². The SMILES string of the molecule is Cc1nn(C)c(Cl)c1CN1CCN(S(=O)(=O)c2ccc(F)c(F)c2)CC1. The fourth-order valence-electron chi connectivity index (χ4n) is 2.99. The van der Waals surface area contributed by atoms with E-state index in [0.717, 1.165) is 29.5 Å². The Morgan fingerprint density at radius 3 is 2.35 bits per heavy atom. The topological polar surface area (TPSA) is 58.4 Å². The first kappa shape index (κ1) is 19.2. The molecular formula is C16H19ClF2N4O2S. The van der Waals surface area contributed by atoms with Gasteiger partial charge in [0.15, 0.2) is 11.6 Å².